The summed E-state index contributed by atoms with van der Waals surface area (Å²) >= 11 is 0. The lowest BCUT2D eigenvalue weighted by atomic mass is 10.0. The van der Waals surface area contributed by atoms with Gasteiger partial charge in [0.25, 0.3) is 0 Å². The molecule has 0 spiro atoms. The molecule has 0 N–H and O–H groups in total. The molecule has 3 rings (SSSR count). The van der Waals surface area contributed by atoms with E-state index in [1.807, 2.05) is 49.3 Å². The number of para-hydroxylation sites is 1. The maximum atomic E-state index is 12.9. The highest BCUT2D eigenvalue weighted by atomic mass is 16.6. The number of ether oxygens (including phenoxy) is 3. The topological polar surface area (TPSA) is 65.1 Å². The van der Waals surface area contributed by atoms with Gasteiger partial charge in [0, 0.05) is 12.1 Å². The van der Waals surface area contributed by atoms with Gasteiger partial charge in [-0.2, -0.15) is 0 Å². The second-order valence-electron chi connectivity index (χ2n) is 8.66. The number of aryl methyl sites for hydroxylation is 2. The first-order chi connectivity index (χ1) is 16.9. The Morgan fingerprint density at radius 1 is 0.857 bits per heavy atom. The van der Waals surface area contributed by atoms with Gasteiger partial charge in [0.2, 0.25) is 0 Å². The first-order valence-electron chi connectivity index (χ1n) is 11.7. The SMILES string of the molecule is COc1ccc(CCc2ccccc2OC[C@H](CN(C)C)OC(=O)c2ccccc2C(C)=O)cc1. The summed E-state index contributed by atoms with van der Waals surface area (Å²) in [5.41, 5.74) is 2.92. The first-order valence-corrected chi connectivity index (χ1v) is 11.7. The fourth-order valence-corrected chi connectivity index (χ4v) is 3.82. The van der Waals surface area contributed by atoms with E-state index in [1.165, 1.54) is 12.5 Å². The first kappa shape index (κ1) is 26.0. The minimum absolute atomic E-state index is 0.177. The van der Waals surface area contributed by atoms with Crippen LogP contribution in [0.3, 0.4) is 0 Å². The van der Waals surface area contributed by atoms with Crippen LogP contribution in [0.15, 0.2) is 72.8 Å². The number of hydrogen-bond donors (Lipinski definition) is 0. The summed E-state index contributed by atoms with van der Waals surface area (Å²) in [6.45, 7) is 2.13. The molecule has 35 heavy (non-hydrogen) atoms. The van der Waals surface area contributed by atoms with Crippen molar-refractivity contribution in [2.45, 2.75) is 25.9 Å². The lowest BCUT2D eigenvalue weighted by Crippen LogP contribution is -2.35. The van der Waals surface area contributed by atoms with Gasteiger partial charge in [0.05, 0.1) is 12.7 Å². The Morgan fingerprint density at radius 3 is 2.17 bits per heavy atom. The molecule has 0 aliphatic carbocycles. The molecule has 0 heterocycles. The second kappa shape index (κ2) is 12.7. The van der Waals surface area contributed by atoms with Crippen LogP contribution in [0.25, 0.3) is 0 Å². The lowest BCUT2D eigenvalue weighted by Gasteiger charge is -2.23. The Morgan fingerprint density at radius 2 is 1.51 bits per heavy atom. The largest absolute Gasteiger partial charge is 0.497 e. The van der Waals surface area contributed by atoms with Crippen LogP contribution in [0, 0.1) is 0 Å². The number of methoxy groups -OCH3 is 1. The van der Waals surface area contributed by atoms with Crippen LogP contribution in [0.1, 0.15) is 38.8 Å². The molecule has 0 bridgehead atoms. The Hall–Kier alpha value is -3.64. The van der Waals surface area contributed by atoms with Crippen LogP contribution < -0.4 is 9.47 Å². The fraction of sp³-hybridized carbons (Fsp3) is 0.310. The van der Waals surface area contributed by atoms with Gasteiger partial charge in [-0.15, -0.1) is 0 Å². The smallest absolute Gasteiger partial charge is 0.339 e. The van der Waals surface area contributed by atoms with Gasteiger partial charge in [-0.05, 0) is 69.3 Å². The van der Waals surface area contributed by atoms with Crippen molar-refractivity contribution < 1.29 is 23.8 Å². The van der Waals surface area contributed by atoms with Crippen LogP contribution >= 0.6 is 0 Å². The maximum absolute atomic E-state index is 12.9. The van der Waals surface area contributed by atoms with E-state index in [9.17, 15) is 9.59 Å². The fourth-order valence-electron chi connectivity index (χ4n) is 3.82. The minimum Gasteiger partial charge on any atom is -0.497 e. The highest BCUT2D eigenvalue weighted by Gasteiger charge is 2.21. The molecule has 0 aliphatic rings. The van der Waals surface area contributed by atoms with Crippen LogP contribution in [0.5, 0.6) is 11.5 Å². The molecule has 0 aliphatic heterocycles. The van der Waals surface area contributed by atoms with Gasteiger partial charge in [-0.25, -0.2) is 4.79 Å². The van der Waals surface area contributed by atoms with Crippen molar-refractivity contribution in [1.29, 1.82) is 0 Å². The van der Waals surface area contributed by atoms with Crippen molar-refractivity contribution in [3.05, 3.63) is 95.1 Å². The zero-order valence-corrected chi connectivity index (χ0v) is 20.8. The molecule has 0 unspecified atom stereocenters. The number of likely N-dealkylation sites (N-methyl/N-ethyl adjacent to an activating group) is 1. The standard InChI is InChI=1S/C29H33NO5/c1-21(31)26-10-6-7-11-27(26)29(32)35-25(19-30(2)3)20-34-28-12-8-5-9-23(28)16-13-22-14-17-24(33-4)18-15-22/h5-12,14-15,17-18,25H,13,16,19-20H2,1-4H3/t25-/m0/s1. The second-order valence-corrected chi connectivity index (χ2v) is 8.66. The Balaban J connectivity index is 1.67. The average molecular weight is 476 g/mol. The van der Waals surface area contributed by atoms with E-state index in [0.717, 1.165) is 29.9 Å². The third-order valence-electron chi connectivity index (χ3n) is 5.61. The van der Waals surface area contributed by atoms with Crippen molar-refractivity contribution in [3.63, 3.8) is 0 Å². The number of esters is 1. The van der Waals surface area contributed by atoms with Gasteiger partial charge < -0.3 is 19.1 Å². The van der Waals surface area contributed by atoms with Crippen molar-refractivity contribution in [2.75, 3.05) is 34.4 Å². The van der Waals surface area contributed by atoms with Crippen LogP contribution in [-0.4, -0.2) is 57.1 Å². The van der Waals surface area contributed by atoms with Crippen molar-refractivity contribution >= 4 is 11.8 Å². The quantitative estimate of drug-likeness (QED) is 0.276. The highest BCUT2D eigenvalue weighted by molar-refractivity contribution is 6.05. The van der Waals surface area contributed by atoms with Gasteiger partial charge in [0.15, 0.2) is 5.78 Å². The summed E-state index contributed by atoms with van der Waals surface area (Å²) in [6.07, 6.45) is 1.17. The van der Waals surface area contributed by atoms with E-state index in [0.29, 0.717) is 12.1 Å². The van der Waals surface area contributed by atoms with Gasteiger partial charge in [-0.1, -0.05) is 48.5 Å². The Labute approximate surface area is 207 Å². The van der Waals surface area contributed by atoms with E-state index >= 15 is 0 Å². The van der Waals surface area contributed by atoms with E-state index in [4.69, 9.17) is 14.2 Å². The van der Waals surface area contributed by atoms with E-state index in [-0.39, 0.29) is 18.0 Å². The summed E-state index contributed by atoms with van der Waals surface area (Å²) < 4.78 is 17.2. The zero-order valence-electron chi connectivity index (χ0n) is 20.8. The van der Waals surface area contributed by atoms with Crippen molar-refractivity contribution in [2.24, 2.45) is 0 Å². The molecular weight excluding hydrogens is 442 g/mol. The molecule has 0 radical (unpaired) electrons. The molecule has 0 saturated heterocycles. The van der Waals surface area contributed by atoms with Crippen LogP contribution in [0.4, 0.5) is 0 Å². The number of carbonyl (C=O) groups is 2. The third-order valence-corrected chi connectivity index (χ3v) is 5.61. The van der Waals surface area contributed by atoms with Crippen LogP contribution in [0.2, 0.25) is 0 Å². The monoisotopic (exact) mass is 475 g/mol. The zero-order chi connectivity index (χ0) is 25.2. The molecular formula is C29H33NO5. The summed E-state index contributed by atoms with van der Waals surface area (Å²) in [5, 5.41) is 0. The third kappa shape index (κ3) is 7.69. The lowest BCUT2D eigenvalue weighted by molar-refractivity contribution is 0.0101. The number of nitrogens with zero attached hydrogens (tertiary/aromatic N) is 1. The molecule has 3 aromatic carbocycles. The maximum Gasteiger partial charge on any atom is 0.339 e. The normalized spacial score (nSPS) is 11.7. The summed E-state index contributed by atoms with van der Waals surface area (Å²) in [6, 6.07) is 22.7. The number of Topliss-reactive ketones (excluding diaryl/α,β-unsaturated/α-hetero) is 1. The van der Waals surface area contributed by atoms with E-state index in [1.54, 1.807) is 31.4 Å². The predicted octanol–water partition coefficient (Wildman–Crippen LogP) is 4.85. The minimum atomic E-state index is -0.529. The van der Waals surface area contributed by atoms with Crippen molar-refractivity contribution in [3.8, 4) is 11.5 Å². The predicted molar refractivity (Wildman–Crippen MR) is 137 cm³/mol. The molecule has 184 valence electrons. The van der Waals surface area contributed by atoms with Crippen LogP contribution in [-0.2, 0) is 17.6 Å². The Kier molecular flexibility index (Phi) is 9.44. The molecule has 6 nitrogen and oxygen atoms in total. The van der Waals surface area contributed by atoms with Gasteiger partial charge in [-0.3, -0.25) is 4.79 Å². The Bertz CT molecular complexity index is 1120. The molecule has 1 atom stereocenters. The molecule has 3 aromatic rings. The number of rotatable bonds is 12. The van der Waals surface area contributed by atoms with Gasteiger partial charge in [0.1, 0.15) is 24.2 Å². The van der Waals surface area contributed by atoms with Gasteiger partial charge >= 0.3 is 5.97 Å². The number of hydrogen-bond acceptors (Lipinski definition) is 6. The summed E-state index contributed by atoms with van der Waals surface area (Å²) in [7, 11) is 5.48. The van der Waals surface area contributed by atoms with Crippen molar-refractivity contribution in [1.82, 2.24) is 4.90 Å². The number of carbonyl (C=O) groups excluding carboxylic acids is 2. The molecule has 6 heteroatoms. The molecule has 0 fully saturated rings. The van der Waals surface area contributed by atoms with E-state index in [2.05, 4.69) is 18.2 Å². The molecule has 0 saturated carbocycles. The summed E-state index contributed by atoms with van der Waals surface area (Å²) in [4.78, 5) is 26.8. The molecule has 0 aromatic heterocycles. The summed E-state index contributed by atoms with van der Waals surface area (Å²) in [5.74, 6) is 0.901. The van der Waals surface area contributed by atoms with E-state index < -0.39 is 12.1 Å². The molecule has 0 amide bonds. The number of ketones is 1. The average Bonchev–Trinajstić information content (AvgIpc) is 2.86. The number of benzene rings is 3. The highest BCUT2D eigenvalue weighted by Crippen LogP contribution is 2.22.